The molecule has 10 heteroatoms. The van der Waals surface area contributed by atoms with E-state index in [0.29, 0.717) is 20.8 Å². The minimum atomic E-state index is -0.874. The van der Waals surface area contributed by atoms with Crippen LogP contribution in [0.15, 0.2) is 64.6 Å². The summed E-state index contributed by atoms with van der Waals surface area (Å²) in [6.07, 6.45) is 1.33. The molecule has 0 aliphatic carbocycles. The predicted molar refractivity (Wildman–Crippen MR) is 135 cm³/mol. The molecule has 4 rings (SSSR count). The van der Waals surface area contributed by atoms with E-state index in [0.717, 1.165) is 16.0 Å². The maximum Gasteiger partial charge on any atom is 0.335 e. The Bertz CT molecular complexity index is 1370. The summed E-state index contributed by atoms with van der Waals surface area (Å²) in [7, 11) is 0. The second-order valence-electron chi connectivity index (χ2n) is 7.62. The first-order valence-corrected chi connectivity index (χ1v) is 11.7. The van der Waals surface area contributed by atoms with Crippen molar-refractivity contribution in [2.45, 2.75) is 13.5 Å². The summed E-state index contributed by atoms with van der Waals surface area (Å²) in [6, 6.07) is 12.8. The Kier molecular flexibility index (Phi) is 7.25. The normalized spacial score (nSPS) is 14.9. The fraction of sp³-hybridized carbons (Fsp3) is 0.0800. The van der Waals surface area contributed by atoms with Crippen LogP contribution in [0.25, 0.3) is 6.08 Å². The molecule has 0 aromatic heterocycles. The molecule has 0 radical (unpaired) electrons. The van der Waals surface area contributed by atoms with Gasteiger partial charge in [0.25, 0.3) is 11.8 Å². The largest absolute Gasteiger partial charge is 0.486 e. The number of carbonyl (C=O) groups excluding carboxylic acids is 3. The molecule has 0 unspecified atom stereocenters. The van der Waals surface area contributed by atoms with Gasteiger partial charge in [0.2, 0.25) is 0 Å². The molecule has 3 aromatic carbocycles. The van der Waals surface area contributed by atoms with Gasteiger partial charge in [-0.3, -0.25) is 14.9 Å². The van der Waals surface area contributed by atoms with Crippen LogP contribution in [-0.4, -0.2) is 17.8 Å². The number of imide groups is 2. The van der Waals surface area contributed by atoms with Crippen LogP contribution >= 0.6 is 39.1 Å². The maximum absolute atomic E-state index is 13.1. The van der Waals surface area contributed by atoms with Crippen molar-refractivity contribution in [2.24, 2.45) is 0 Å². The van der Waals surface area contributed by atoms with Gasteiger partial charge in [-0.1, -0.05) is 41.4 Å². The third kappa shape index (κ3) is 5.40. The third-order valence-electron chi connectivity index (χ3n) is 5.14. The molecular formula is C25H16BrCl2FN2O4. The highest BCUT2D eigenvalue weighted by Gasteiger charge is 2.37. The number of aryl methyl sites for hydroxylation is 1. The van der Waals surface area contributed by atoms with E-state index in [2.05, 4.69) is 21.2 Å². The highest BCUT2D eigenvalue weighted by molar-refractivity contribution is 9.10. The molecule has 1 N–H and O–H groups in total. The molecule has 6 nitrogen and oxygen atoms in total. The number of urea groups is 1. The van der Waals surface area contributed by atoms with E-state index in [9.17, 15) is 18.8 Å². The summed E-state index contributed by atoms with van der Waals surface area (Å²) >= 11 is 15.9. The topological polar surface area (TPSA) is 75.7 Å². The maximum atomic E-state index is 13.1. The minimum absolute atomic E-state index is 0.149. The van der Waals surface area contributed by atoms with Crippen molar-refractivity contribution < 1.29 is 23.5 Å². The highest BCUT2D eigenvalue weighted by Crippen LogP contribution is 2.36. The number of hydrogen-bond donors (Lipinski definition) is 1. The summed E-state index contributed by atoms with van der Waals surface area (Å²) < 4.78 is 19.3. The molecule has 178 valence electrons. The van der Waals surface area contributed by atoms with Crippen molar-refractivity contribution in [3.63, 3.8) is 0 Å². The van der Waals surface area contributed by atoms with E-state index in [-0.39, 0.29) is 28.7 Å². The fourth-order valence-corrected chi connectivity index (χ4v) is 4.48. The molecule has 0 atom stereocenters. The SMILES string of the molecule is Cc1ccc(N2C(=O)NC(=O)/C(=C/c3cc(Cl)c(OCc4ccc(F)cc4)c(Br)c3)C2=O)cc1Cl. The Labute approximate surface area is 218 Å². The van der Waals surface area contributed by atoms with Crippen molar-refractivity contribution in [2.75, 3.05) is 4.90 Å². The molecule has 4 amide bonds. The van der Waals surface area contributed by atoms with Gasteiger partial charge >= 0.3 is 6.03 Å². The number of halogens is 4. The van der Waals surface area contributed by atoms with Crippen molar-refractivity contribution in [1.82, 2.24) is 5.32 Å². The molecule has 1 saturated heterocycles. The molecule has 1 aliphatic rings. The number of hydrogen-bond acceptors (Lipinski definition) is 4. The molecule has 1 aliphatic heterocycles. The summed E-state index contributed by atoms with van der Waals surface area (Å²) in [5, 5.41) is 2.76. The molecule has 3 aromatic rings. The standard InChI is InChI=1S/C25H16BrCl2FN2O4/c1-13-2-7-17(11-20(13)27)31-24(33)18(23(32)30-25(31)34)8-15-9-19(26)22(21(28)10-15)35-12-14-3-5-16(29)6-4-14/h2-11H,12H2,1H3,(H,30,32,34)/b18-8-. The zero-order valence-corrected chi connectivity index (χ0v) is 21.2. The minimum Gasteiger partial charge on any atom is -0.486 e. The van der Waals surface area contributed by atoms with Crippen LogP contribution < -0.4 is 15.0 Å². The Morgan fingerprint density at radius 1 is 1.03 bits per heavy atom. The van der Waals surface area contributed by atoms with Gasteiger partial charge in [-0.05, 0) is 82.0 Å². The monoisotopic (exact) mass is 576 g/mol. The number of barbiturate groups is 1. The average molecular weight is 578 g/mol. The van der Waals surface area contributed by atoms with Gasteiger partial charge in [0, 0.05) is 5.02 Å². The molecule has 0 bridgehead atoms. The van der Waals surface area contributed by atoms with Crippen molar-refractivity contribution in [1.29, 1.82) is 0 Å². The number of anilines is 1. The lowest BCUT2D eigenvalue weighted by atomic mass is 10.1. The molecule has 0 saturated carbocycles. The van der Waals surface area contributed by atoms with E-state index in [4.69, 9.17) is 27.9 Å². The quantitative estimate of drug-likeness (QED) is 0.279. The van der Waals surface area contributed by atoms with E-state index >= 15 is 0 Å². The van der Waals surface area contributed by atoms with E-state index < -0.39 is 17.8 Å². The van der Waals surface area contributed by atoms with Gasteiger partial charge in [0.1, 0.15) is 18.0 Å². The second-order valence-corrected chi connectivity index (χ2v) is 9.29. The highest BCUT2D eigenvalue weighted by atomic mass is 79.9. The number of rotatable bonds is 5. The van der Waals surface area contributed by atoms with Gasteiger partial charge in [-0.25, -0.2) is 14.1 Å². The summed E-state index contributed by atoms with van der Waals surface area (Å²) in [5.74, 6) is -1.65. The molecule has 1 heterocycles. The number of nitrogens with one attached hydrogen (secondary N) is 1. The molecule has 1 fully saturated rings. The number of amides is 4. The lowest BCUT2D eigenvalue weighted by Gasteiger charge is -2.26. The molecular weight excluding hydrogens is 562 g/mol. The zero-order valence-electron chi connectivity index (χ0n) is 18.1. The van der Waals surface area contributed by atoms with Crippen LogP contribution in [-0.2, 0) is 16.2 Å². The predicted octanol–water partition coefficient (Wildman–Crippen LogP) is 6.45. The van der Waals surface area contributed by atoms with Gasteiger partial charge in [0.05, 0.1) is 15.2 Å². The lowest BCUT2D eigenvalue weighted by Crippen LogP contribution is -2.54. The van der Waals surface area contributed by atoms with Gasteiger partial charge in [-0.2, -0.15) is 0 Å². The number of nitrogens with zero attached hydrogens (tertiary/aromatic N) is 1. The summed E-state index contributed by atoms with van der Waals surface area (Å²) in [4.78, 5) is 38.8. The first kappa shape index (κ1) is 24.9. The number of ether oxygens (including phenoxy) is 1. The third-order valence-corrected chi connectivity index (χ3v) is 6.42. The van der Waals surface area contributed by atoms with Crippen molar-refractivity contribution in [3.05, 3.63) is 97.2 Å². The van der Waals surface area contributed by atoms with Gasteiger partial charge in [-0.15, -0.1) is 0 Å². The Balaban J connectivity index is 1.61. The first-order valence-electron chi connectivity index (χ1n) is 10.2. The van der Waals surface area contributed by atoms with Crippen LogP contribution in [0.1, 0.15) is 16.7 Å². The Hall–Kier alpha value is -3.20. The lowest BCUT2D eigenvalue weighted by molar-refractivity contribution is -0.122. The summed E-state index contributed by atoms with van der Waals surface area (Å²) in [5.41, 5.74) is 1.90. The van der Waals surface area contributed by atoms with Gasteiger partial charge < -0.3 is 4.74 Å². The fourth-order valence-electron chi connectivity index (χ4n) is 3.32. The smallest absolute Gasteiger partial charge is 0.335 e. The molecule has 35 heavy (non-hydrogen) atoms. The van der Waals surface area contributed by atoms with Crippen LogP contribution in [0.5, 0.6) is 5.75 Å². The summed E-state index contributed by atoms with van der Waals surface area (Å²) in [6.45, 7) is 1.93. The van der Waals surface area contributed by atoms with Gasteiger partial charge in [0.15, 0.2) is 5.75 Å². The van der Waals surface area contributed by atoms with E-state index in [1.807, 2.05) is 0 Å². The molecule has 0 spiro atoms. The number of carbonyl (C=O) groups is 3. The van der Waals surface area contributed by atoms with E-state index in [1.54, 1.807) is 37.3 Å². The zero-order chi connectivity index (χ0) is 25.3. The van der Waals surface area contributed by atoms with Crippen LogP contribution in [0.3, 0.4) is 0 Å². The van der Waals surface area contributed by atoms with Crippen LogP contribution in [0.4, 0.5) is 14.9 Å². The average Bonchev–Trinajstić information content (AvgIpc) is 2.79. The number of benzene rings is 3. The van der Waals surface area contributed by atoms with E-state index in [1.165, 1.54) is 30.3 Å². The Morgan fingerprint density at radius 3 is 2.40 bits per heavy atom. The van der Waals surface area contributed by atoms with Crippen molar-refractivity contribution >= 4 is 68.7 Å². The Morgan fingerprint density at radius 2 is 1.74 bits per heavy atom. The van der Waals surface area contributed by atoms with Crippen LogP contribution in [0.2, 0.25) is 10.0 Å². The van der Waals surface area contributed by atoms with Crippen LogP contribution in [0, 0.1) is 12.7 Å². The first-order chi connectivity index (χ1) is 16.6. The second kappa shape index (κ2) is 10.2. The van der Waals surface area contributed by atoms with Crippen molar-refractivity contribution in [3.8, 4) is 5.75 Å².